The summed E-state index contributed by atoms with van der Waals surface area (Å²) in [5.74, 6) is 0.165. The van der Waals surface area contributed by atoms with Crippen LogP contribution in [0.25, 0.3) is 10.9 Å². The van der Waals surface area contributed by atoms with Crippen molar-refractivity contribution in [1.82, 2.24) is 4.57 Å². The molecule has 14 heavy (non-hydrogen) atoms. The quantitative estimate of drug-likeness (QED) is 0.650. The maximum Gasteiger partial charge on any atom is 0.136 e. The van der Waals surface area contributed by atoms with Crippen molar-refractivity contribution in [1.29, 1.82) is 0 Å². The Morgan fingerprint density at radius 3 is 2.57 bits per heavy atom. The molecule has 0 unspecified atom stereocenters. The second kappa shape index (κ2) is 3.12. The van der Waals surface area contributed by atoms with Gasteiger partial charge in [0.25, 0.3) is 0 Å². The average molecular weight is 191 g/mol. The van der Waals surface area contributed by atoms with Gasteiger partial charge in [0.05, 0.1) is 5.52 Å². The zero-order chi connectivity index (χ0) is 10.3. The third-order valence-electron chi connectivity index (χ3n) is 2.65. The Morgan fingerprint density at radius 1 is 1.21 bits per heavy atom. The van der Waals surface area contributed by atoms with E-state index < -0.39 is 0 Å². The van der Waals surface area contributed by atoms with Gasteiger partial charge in [0.1, 0.15) is 5.82 Å². The summed E-state index contributed by atoms with van der Waals surface area (Å²) in [7, 11) is 1.93. The predicted molar refractivity (Wildman–Crippen MR) is 57.0 cm³/mol. The smallest absolute Gasteiger partial charge is 0.136 e. The van der Waals surface area contributed by atoms with Gasteiger partial charge in [-0.2, -0.15) is 0 Å². The molecule has 0 amide bonds. The van der Waals surface area contributed by atoms with E-state index >= 15 is 0 Å². The van der Waals surface area contributed by atoms with Gasteiger partial charge < -0.3 is 4.57 Å². The van der Waals surface area contributed by atoms with Crippen LogP contribution in [0.2, 0.25) is 0 Å². The zero-order valence-corrected chi connectivity index (χ0v) is 8.71. The van der Waals surface area contributed by atoms with E-state index in [0.717, 1.165) is 16.5 Å². The van der Waals surface area contributed by atoms with E-state index in [1.54, 1.807) is 0 Å². The van der Waals surface area contributed by atoms with Gasteiger partial charge in [-0.05, 0) is 23.6 Å². The van der Waals surface area contributed by atoms with Crippen LogP contribution in [0, 0.1) is 5.82 Å². The molecule has 0 radical (unpaired) electrons. The Morgan fingerprint density at radius 2 is 1.93 bits per heavy atom. The molecule has 0 fully saturated rings. The summed E-state index contributed by atoms with van der Waals surface area (Å²) >= 11 is 0. The van der Waals surface area contributed by atoms with E-state index in [9.17, 15) is 4.39 Å². The van der Waals surface area contributed by atoms with Crippen LogP contribution in [0.1, 0.15) is 25.3 Å². The van der Waals surface area contributed by atoms with E-state index in [1.807, 2.05) is 49.9 Å². The largest absolute Gasteiger partial charge is 0.350 e. The number of rotatable bonds is 1. The summed E-state index contributed by atoms with van der Waals surface area (Å²) in [5.41, 5.74) is 1.75. The second-order valence-corrected chi connectivity index (χ2v) is 3.98. The minimum atomic E-state index is -0.0712. The van der Waals surface area contributed by atoms with Gasteiger partial charge in [0.15, 0.2) is 0 Å². The fourth-order valence-electron chi connectivity index (χ4n) is 1.78. The number of fused-ring (bicyclic) bond motifs is 1. The van der Waals surface area contributed by atoms with Crippen LogP contribution in [0.4, 0.5) is 4.39 Å². The molecule has 2 heteroatoms. The maximum absolute atomic E-state index is 13.9. The fraction of sp³-hybridized carbons (Fsp3) is 0.333. The van der Waals surface area contributed by atoms with Gasteiger partial charge in [0.2, 0.25) is 0 Å². The molecule has 0 aliphatic rings. The van der Waals surface area contributed by atoms with E-state index in [4.69, 9.17) is 0 Å². The number of hydrogen-bond donors (Lipinski definition) is 0. The maximum atomic E-state index is 13.9. The highest BCUT2D eigenvalue weighted by molar-refractivity contribution is 5.81. The van der Waals surface area contributed by atoms with Crippen molar-refractivity contribution < 1.29 is 4.39 Å². The molecule has 1 aromatic carbocycles. The molecule has 0 aliphatic heterocycles. The molecule has 0 spiro atoms. The van der Waals surface area contributed by atoms with Gasteiger partial charge >= 0.3 is 0 Å². The minimum Gasteiger partial charge on any atom is -0.350 e. The lowest BCUT2D eigenvalue weighted by atomic mass is 10.0. The highest BCUT2D eigenvalue weighted by Crippen LogP contribution is 2.26. The molecule has 74 valence electrons. The lowest BCUT2D eigenvalue weighted by Crippen LogP contribution is -1.94. The lowest BCUT2D eigenvalue weighted by Gasteiger charge is -2.07. The standard InChI is InChI=1S/C12H14FN/c1-8(2)9-4-5-11-10(12(9)13)6-7-14(11)3/h4-8H,1-3H3. The molecule has 0 atom stereocenters. The molecule has 2 aromatic rings. The lowest BCUT2D eigenvalue weighted by molar-refractivity contribution is 0.610. The number of aromatic nitrogens is 1. The van der Waals surface area contributed by atoms with Gasteiger partial charge in [0, 0.05) is 18.6 Å². The third-order valence-corrected chi connectivity index (χ3v) is 2.65. The summed E-state index contributed by atoms with van der Waals surface area (Å²) in [6.45, 7) is 4.01. The van der Waals surface area contributed by atoms with Crippen molar-refractivity contribution in [2.75, 3.05) is 0 Å². The van der Waals surface area contributed by atoms with Gasteiger partial charge in [-0.15, -0.1) is 0 Å². The predicted octanol–water partition coefficient (Wildman–Crippen LogP) is 3.44. The molecular weight excluding hydrogens is 177 g/mol. The van der Waals surface area contributed by atoms with Crippen LogP contribution in [-0.2, 0) is 7.05 Å². The molecular formula is C12H14FN. The monoisotopic (exact) mass is 191 g/mol. The Balaban J connectivity index is 2.76. The molecule has 0 aliphatic carbocycles. The van der Waals surface area contributed by atoms with Crippen LogP contribution in [0.3, 0.4) is 0 Å². The Hall–Kier alpha value is -1.31. The molecule has 1 heterocycles. The normalized spacial score (nSPS) is 11.5. The highest BCUT2D eigenvalue weighted by atomic mass is 19.1. The van der Waals surface area contributed by atoms with Crippen molar-refractivity contribution in [3.63, 3.8) is 0 Å². The zero-order valence-electron chi connectivity index (χ0n) is 8.71. The van der Waals surface area contributed by atoms with Crippen LogP contribution < -0.4 is 0 Å². The average Bonchev–Trinajstić information content (AvgIpc) is 2.49. The number of hydrogen-bond acceptors (Lipinski definition) is 0. The van der Waals surface area contributed by atoms with Gasteiger partial charge in [-0.25, -0.2) is 4.39 Å². The fourth-order valence-corrected chi connectivity index (χ4v) is 1.78. The molecule has 1 aromatic heterocycles. The van der Waals surface area contributed by atoms with Crippen LogP contribution in [-0.4, -0.2) is 4.57 Å². The van der Waals surface area contributed by atoms with E-state index in [-0.39, 0.29) is 11.7 Å². The molecule has 0 saturated carbocycles. The summed E-state index contributed by atoms with van der Waals surface area (Å²) < 4.78 is 15.9. The van der Waals surface area contributed by atoms with Crippen molar-refractivity contribution in [3.8, 4) is 0 Å². The topological polar surface area (TPSA) is 4.93 Å². The first-order valence-corrected chi connectivity index (χ1v) is 4.84. The van der Waals surface area contributed by atoms with Crippen molar-refractivity contribution in [2.24, 2.45) is 7.05 Å². The second-order valence-electron chi connectivity index (χ2n) is 3.98. The van der Waals surface area contributed by atoms with Crippen molar-refractivity contribution in [2.45, 2.75) is 19.8 Å². The number of halogens is 1. The van der Waals surface area contributed by atoms with Crippen LogP contribution >= 0.6 is 0 Å². The summed E-state index contributed by atoms with van der Waals surface area (Å²) in [6, 6.07) is 5.69. The molecule has 0 N–H and O–H groups in total. The first-order valence-electron chi connectivity index (χ1n) is 4.84. The molecule has 0 saturated heterocycles. The van der Waals surface area contributed by atoms with Crippen molar-refractivity contribution >= 4 is 10.9 Å². The first kappa shape index (κ1) is 9.25. The summed E-state index contributed by atoms with van der Waals surface area (Å²) in [5, 5.41) is 0.721. The molecule has 1 nitrogen and oxygen atoms in total. The number of benzene rings is 1. The highest BCUT2D eigenvalue weighted by Gasteiger charge is 2.11. The van der Waals surface area contributed by atoms with E-state index in [0.29, 0.717) is 0 Å². The minimum absolute atomic E-state index is 0.0712. The summed E-state index contributed by atoms with van der Waals surface area (Å²) in [4.78, 5) is 0. The Labute approximate surface area is 83.2 Å². The Bertz CT molecular complexity index is 468. The molecule has 0 bridgehead atoms. The number of aryl methyl sites for hydroxylation is 1. The number of nitrogens with zero attached hydrogens (tertiary/aromatic N) is 1. The van der Waals surface area contributed by atoms with Gasteiger partial charge in [-0.1, -0.05) is 19.9 Å². The molecule has 2 rings (SSSR count). The van der Waals surface area contributed by atoms with E-state index in [1.165, 1.54) is 0 Å². The van der Waals surface area contributed by atoms with Crippen LogP contribution in [0.15, 0.2) is 24.4 Å². The van der Waals surface area contributed by atoms with E-state index in [2.05, 4.69) is 0 Å². The Kier molecular flexibility index (Phi) is 2.06. The SMILES string of the molecule is CC(C)c1ccc2c(ccn2C)c1F. The first-order chi connectivity index (χ1) is 6.61. The van der Waals surface area contributed by atoms with Gasteiger partial charge in [-0.3, -0.25) is 0 Å². The summed E-state index contributed by atoms with van der Waals surface area (Å²) in [6.07, 6.45) is 1.89. The van der Waals surface area contributed by atoms with Crippen molar-refractivity contribution in [3.05, 3.63) is 35.8 Å². The van der Waals surface area contributed by atoms with Crippen LogP contribution in [0.5, 0.6) is 0 Å². The third kappa shape index (κ3) is 1.22.